The number of allylic oxidation sites excluding steroid dienone is 2. The summed E-state index contributed by atoms with van der Waals surface area (Å²) in [6.07, 6.45) is 5.42. The van der Waals surface area contributed by atoms with Gasteiger partial charge in [-0.3, -0.25) is 0 Å². The number of carbonyl (C=O) groups is 1. The zero-order valence-corrected chi connectivity index (χ0v) is 7.93. The first kappa shape index (κ1) is 8.51. The molecule has 1 heterocycles. The van der Waals surface area contributed by atoms with Crippen molar-refractivity contribution >= 4 is 22.9 Å². The fourth-order valence-electron chi connectivity index (χ4n) is 1.64. The number of rotatable bonds is 2. The van der Waals surface area contributed by atoms with Gasteiger partial charge in [-0.25, -0.2) is 4.79 Å². The number of carboxylic acid groups (broad SMARTS) is 1. The van der Waals surface area contributed by atoms with E-state index in [1.54, 1.807) is 0 Å². The van der Waals surface area contributed by atoms with E-state index < -0.39 is 5.97 Å². The Kier molecular flexibility index (Phi) is 2.19. The number of carboxylic acids is 1. The quantitative estimate of drug-likeness (QED) is 0.785. The highest BCUT2D eigenvalue weighted by Gasteiger charge is 2.16. The highest BCUT2D eigenvalue weighted by Crippen LogP contribution is 2.32. The van der Waals surface area contributed by atoms with Gasteiger partial charge < -0.3 is 5.11 Å². The van der Waals surface area contributed by atoms with Crippen molar-refractivity contribution in [3.63, 3.8) is 0 Å². The molecule has 0 bridgehead atoms. The Morgan fingerprint density at radius 3 is 3.00 bits per heavy atom. The summed E-state index contributed by atoms with van der Waals surface area (Å²) >= 11 is 1.30. The van der Waals surface area contributed by atoms with Crippen LogP contribution in [0.3, 0.4) is 0 Å². The van der Waals surface area contributed by atoms with E-state index in [1.807, 2.05) is 11.4 Å². The largest absolute Gasteiger partial charge is 0.477 e. The molecule has 13 heavy (non-hydrogen) atoms. The van der Waals surface area contributed by atoms with Gasteiger partial charge in [0.15, 0.2) is 0 Å². The highest BCUT2D eigenvalue weighted by atomic mass is 32.1. The maximum absolute atomic E-state index is 10.8. The van der Waals surface area contributed by atoms with Crippen LogP contribution >= 0.6 is 11.3 Å². The van der Waals surface area contributed by atoms with Gasteiger partial charge in [-0.1, -0.05) is 6.08 Å². The topological polar surface area (TPSA) is 37.3 Å². The molecule has 0 aliphatic heterocycles. The van der Waals surface area contributed by atoms with Gasteiger partial charge in [0.25, 0.3) is 0 Å². The standard InChI is InChI=1S/C10H10O2S/c11-10(12)9-8(5-6-13-9)7-3-1-2-4-7/h3,5-6H,1-2,4H2,(H,11,12). The molecule has 0 saturated carbocycles. The number of hydrogen-bond acceptors (Lipinski definition) is 2. The first-order chi connectivity index (χ1) is 6.29. The molecule has 0 aromatic carbocycles. The molecule has 0 atom stereocenters. The Balaban J connectivity index is 2.39. The van der Waals surface area contributed by atoms with Crippen molar-refractivity contribution in [2.24, 2.45) is 0 Å². The molecule has 1 N–H and O–H groups in total. The summed E-state index contributed by atoms with van der Waals surface area (Å²) in [5.41, 5.74) is 2.13. The Morgan fingerprint density at radius 2 is 2.38 bits per heavy atom. The van der Waals surface area contributed by atoms with E-state index in [0.29, 0.717) is 4.88 Å². The average molecular weight is 194 g/mol. The summed E-state index contributed by atoms with van der Waals surface area (Å²) in [6.45, 7) is 0. The predicted octanol–water partition coefficient (Wildman–Crippen LogP) is 3.01. The smallest absolute Gasteiger partial charge is 0.346 e. The number of thiophene rings is 1. The van der Waals surface area contributed by atoms with E-state index in [2.05, 4.69) is 6.08 Å². The van der Waals surface area contributed by atoms with Crippen LogP contribution in [0.1, 0.15) is 34.5 Å². The summed E-state index contributed by atoms with van der Waals surface area (Å²) in [7, 11) is 0. The lowest BCUT2D eigenvalue weighted by molar-refractivity contribution is 0.0702. The third-order valence-electron chi connectivity index (χ3n) is 2.25. The van der Waals surface area contributed by atoms with Crippen LogP contribution in [0, 0.1) is 0 Å². The Morgan fingerprint density at radius 1 is 1.54 bits per heavy atom. The normalized spacial score (nSPS) is 15.8. The van der Waals surface area contributed by atoms with Crippen LogP contribution < -0.4 is 0 Å². The van der Waals surface area contributed by atoms with Crippen LogP contribution in [0.25, 0.3) is 5.57 Å². The highest BCUT2D eigenvalue weighted by molar-refractivity contribution is 7.12. The molecule has 2 nitrogen and oxygen atoms in total. The van der Waals surface area contributed by atoms with E-state index in [-0.39, 0.29) is 0 Å². The molecule has 0 unspecified atom stereocenters. The van der Waals surface area contributed by atoms with Crippen LogP contribution in [0.5, 0.6) is 0 Å². The van der Waals surface area contributed by atoms with Crippen molar-refractivity contribution in [3.8, 4) is 0 Å². The molecule has 1 aliphatic carbocycles. The second-order valence-electron chi connectivity index (χ2n) is 3.09. The first-order valence-electron chi connectivity index (χ1n) is 4.29. The molecule has 1 aromatic rings. The zero-order chi connectivity index (χ0) is 9.26. The van der Waals surface area contributed by atoms with E-state index in [4.69, 9.17) is 5.11 Å². The minimum atomic E-state index is -0.808. The van der Waals surface area contributed by atoms with Gasteiger partial charge in [0.1, 0.15) is 4.88 Å². The maximum Gasteiger partial charge on any atom is 0.346 e. The zero-order valence-electron chi connectivity index (χ0n) is 7.12. The Hall–Kier alpha value is -1.09. The molecule has 0 saturated heterocycles. The van der Waals surface area contributed by atoms with Gasteiger partial charge in [0.05, 0.1) is 0 Å². The van der Waals surface area contributed by atoms with Crippen LogP contribution in [0.15, 0.2) is 17.5 Å². The molecule has 3 heteroatoms. The molecule has 68 valence electrons. The van der Waals surface area contributed by atoms with Crippen molar-refractivity contribution in [2.75, 3.05) is 0 Å². The van der Waals surface area contributed by atoms with Crippen molar-refractivity contribution in [1.82, 2.24) is 0 Å². The molecule has 2 rings (SSSR count). The fourth-order valence-corrected chi connectivity index (χ4v) is 2.41. The van der Waals surface area contributed by atoms with E-state index in [0.717, 1.165) is 24.8 Å². The monoisotopic (exact) mass is 194 g/mol. The summed E-state index contributed by atoms with van der Waals surface area (Å²) in [4.78, 5) is 11.3. The van der Waals surface area contributed by atoms with Gasteiger partial charge in [-0.15, -0.1) is 11.3 Å². The Bertz CT molecular complexity index is 363. The van der Waals surface area contributed by atoms with Gasteiger partial charge in [0, 0.05) is 5.56 Å². The molecule has 0 spiro atoms. The lowest BCUT2D eigenvalue weighted by atomic mass is 10.1. The second-order valence-corrected chi connectivity index (χ2v) is 4.01. The fraction of sp³-hybridized carbons (Fsp3) is 0.300. The minimum absolute atomic E-state index is 0.480. The maximum atomic E-state index is 10.8. The third kappa shape index (κ3) is 1.52. The molecule has 1 aromatic heterocycles. The third-order valence-corrected chi connectivity index (χ3v) is 3.15. The molecular weight excluding hydrogens is 184 g/mol. The Labute approximate surface area is 80.5 Å². The predicted molar refractivity (Wildman–Crippen MR) is 53.1 cm³/mol. The molecular formula is C10H10O2S. The molecule has 0 fully saturated rings. The lowest BCUT2D eigenvalue weighted by Gasteiger charge is -1.99. The van der Waals surface area contributed by atoms with E-state index >= 15 is 0 Å². The van der Waals surface area contributed by atoms with Crippen molar-refractivity contribution < 1.29 is 9.90 Å². The van der Waals surface area contributed by atoms with Gasteiger partial charge in [-0.2, -0.15) is 0 Å². The van der Waals surface area contributed by atoms with E-state index in [9.17, 15) is 4.79 Å². The first-order valence-corrected chi connectivity index (χ1v) is 5.17. The number of aromatic carboxylic acids is 1. The van der Waals surface area contributed by atoms with E-state index in [1.165, 1.54) is 16.9 Å². The summed E-state index contributed by atoms with van der Waals surface area (Å²) < 4.78 is 0. The minimum Gasteiger partial charge on any atom is -0.477 e. The average Bonchev–Trinajstić information content (AvgIpc) is 2.74. The lowest BCUT2D eigenvalue weighted by Crippen LogP contribution is -1.96. The van der Waals surface area contributed by atoms with Gasteiger partial charge in [0.2, 0.25) is 0 Å². The molecule has 0 amide bonds. The van der Waals surface area contributed by atoms with Crippen molar-refractivity contribution in [2.45, 2.75) is 19.3 Å². The van der Waals surface area contributed by atoms with Crippen LogP contribution in [-0.4, -0.2) is 11.1 Å². The van der Waals surface area contributed by atoms with Crippen LogP contribution in [0.2, 0.25) is 0 Å². The summed E-state index contributed by atoms with van der Waals surface area (Å²) in [5, 5.41) is 10.7. The van der Waals surface area contributed by atoms with Crippen molar-refractivity contribution in [1.29, 1.82) is 0 Å². The number of hydrogen-bond donors (Lipinski definition) is 1. The second kappa shape index (κ2) is 3.34. The molecule has 1 aliphatic rings. The van der Waals surface area contributed by atoms with Crippen LogP contribution in [-0.2, 0) is 0 Å². The van der Waals surface area contributed by atoms with Crippen LogP contribution in [0.4, 0.5) is 0 Å². The van der Waals surface area contributed by atoms with Crippen molar-refractivity contribution in [3.05, 3.63) is 28.0 Å². The SMILES string of the molecule is O=C(O)c1sccc1C1=CCCC1. The van der Waals surface area contributed by atoms with Gasteiger partial charge >= 0.3 is 5.97 Å². The molecule has 0 radical (unpaired) electrons. The summed E-state index contributed by atoms with van der Waals surface area (Å²) in [6, 6.07) is 1.91. The summed E-state index contributed by atoms with van der Waals surface area (Å²) in [5.74, 6) is -0.808. The van der Waals surface area contributed by atoms with Gasteiger partial charge in [-0.05, 0) is 36.3 Å².